The van der Waals surface area contributed by atoms with Crippen LogP contribution in [-0.2, 0) is 20.0 Å². The molecule has 1 aromatic heterocycles. The van der Waals surface area contributed by atoms with E-state index in [-0.39, 0.29) is 16.3 Å². The molecule has 162 valence electrons. The summed E-state index contributed by atoms with van der Waals surface area (Å²) < 4.78 is 24.6. The number of anilines is 1. The van der Waals surface area contributed by atoms with Gasteiger partial charge in [0.25, 0.3) is 5.91 Å². The predicted octanol–water partition coefficient (Wildman–Crippen LogP) is 3.65. The van der Waals surface area contributed by atoms with Gasteiger partial charge in [-0.2, -0.15) is 0 Å². The molecule has 0 unspecified atom stereocenters. The van der Waals surface area contributed by atoms with Crippen LogP contribution >= 0.6 is 0 Å². The van der Waals surface area contributed by atoms with E-state index >= 15 is 0 Å². The van der Waals surface area contributed by atoms with Crippen LogP contribution in [0.4, 0.5) is 5.82 Å². The standard InChI is InChI=1S/C24H27N3O3S/c1-23(2)12-19-20(22(28)27-23)24(3,16-6-5-7-17(11-16)31(4,29)30)18-10-15(14-8-9-14)13-25-21(18)26-19/h5-7,10-11,13-14H,8-9,12H2,1-4H3,(H,25,26)(H,27,28)/t24-/m1/s1. The first-order valence-electron chi connectivity index (χ1n) is 10.6. The predicted molar refractivity (Wildman–Crippen MR) is 120 cm³/mol. The van der Waals surface area contributed by atoms with Gasteiger partial charge >= 0.3 is 0 Å². The third-order valence-corrected chi connectivity index (χ3v) is 7.81. The number of amides is 1. The molecule has 1 fully saturated rings. The number of carbonyl (C=O) groups excluding carboxylic acids is 1. The van der Waals surface area contributed by atoms with E-state index in [1.807, 2.05) is 33.0 Å². The maximum atomic E-state index is 13.4. The topological polar surface area (TPSA) is 88.2 Å². The van der Waals surface area contributed by atoms with Crippen molar-refractivity contribution in [1.82, 2.24) is 10.3 Å². The summed E-state index contributed by atoms with van der Waals surface area (Å²) in [5.74, 6) is 1.12. The van der Waals surface area contributed by atoms with Crippen LogP contribution in [0, 0.1) is 0 Å². The number of rotatable bonds is 3. The summed E-state index contributed by atoms with van der Waals surface area (Å²) >= 11 is 0. The monoisotopic (exact) mass is 437 g/mol. The lowest BCUT2D eigenvalue weighted by Gasteiger charge is -2.45. The molecule has 3 aliphatic rings. The summed E-state index contributed by atoms with van der Waals surface area (Å²) in [6, 6.07) is 9.11. The maximum Gasteiger partial charge on any atom is 0.250 e. The fourth-order valence-electron chi connectivity index (χ4n) is 4.93. The van der Waals surface area contributed by atoms with E-state index in [0.717, 1.165) is 35.5 Å². The highest BCUT2D eigenvalue weighted by Gasteiger charge is 2.48. The highest BCUT2D eigenvalue weighted by Crippen LogP contribution is 2.51. The number of nitrogens with one attached hydrogen (secondary N) is 2. The Labute approximate surface area is 183 Å². The van der Waals surface area contributed by atoms with Gasteiger partial charge in [0.05, 0.1) is 15.9 Å². The van der Waals surface area contributed by atoms with Gasteiger partial charge in [-0.05, 0) is 68.9 Å². The molecule has 0 spiro atoms. The van der Waals surface area contributed by atoms with E-state index in [1.165, 1.54) is 11.8 Å². The Bertz CT molecular complexity index is 1260. The molecule has 3 heterocycles. The number of carbonyl (C=O) groups is 1. The molecule has 1 atom stereocenters. The second-order valence-corrected chi connectivity index (χ2v) is 11.9. The summed E-state index contributed by atoms with van der Waals surface area (Å²) in [6.45, 7) is 6.01. The van der Waals surface area contributed by atoms with Crippen molar-refractivity contribution in [2.45, 2.75) is 61.8 Å². The zero-order chi connectivity index (χ0) is 22.2. The molecule has 0 saturated heterocycles. The molecule has 7 heteroatoms. The first kappa shape index (κ1) is 20.2. The molecule has 1 aromatic carbocycles. The molecule has 1 aliphatic carbocycles. The Morgan fingerprint density at radius 2 is 1.87 bits per heavy atom. The number of benzene rings is 1. The molecule has 0 radical (unpaired) electrons. The second-order valence-electron chi connectivity index (χ2n) is 9.86. The highest BCUT2D eigenvalue weighted by atomic mass is 32.2. The van der Waals surface area contributed by atoms with Gasteiger partial charge in [0.1, 0.15) is 5.82 Å². The normalized spacial score (nSPS) is 24.7. The van der Waals surface area contributed by atoms with Crippen LogP contribution in [0.2, 0.25) is 0 Å². The van der Waals surface area contributed by atoms with Crippen molar-refractivity contribution < 1.29 is 13.2 Å². The van der Waals surface area contributed by atoms with Crippen molar-refractivity contribution in [1.29, 1.82) is 0 Å². The van der Waals surface area contributed by atoms with Gasteiger partial charge in [-0.1, -0.05) is 12.1 Å². The zero-order valence-electron chi connectivity index (χ0n) is 18.2. The van der Waals surface area contributed by atoms with Crippen molar-refractivity contribution in [2.24, 2.45) is 0 Å². The van der Waals surface area contributed by atoms with Crippen molar-refractivity contribution in [2.75, 3.05) is 11.6 Å². The Balaban J connectivity index is 1.79. The number of fused-ring (bicyclic) bond motifs is 1. The minimum atomic E-state index is -3.39. The van der Waals surface area contributed by atoms with E-state index in [1.54, 1.807) is 18.2 Å². The summed E-state index contributed by atoms with van der Waals surface area (Å²) in [5, 5.41) is 6.56. The minimum Gasteiger partial charge on any atom is -0.347 e. The van der Waals surface area contributed by atoms with Crippen molar-refractivity contribution in [3.63, 3.8) is 0 Å². The lowest BCUT2D eigenvalue weighted by atomic mass is 9.66. The lowest BCUT2D eigenvalue weighted by Crippen LogP contribution is -2.54. The van der Waals surface area contributed by atoms with Crippen LogP contribution in [-0.4, -0.2) is 31.1 Å². The molecular weight excluding hydrogens is 410 g/mol. The Hall–Kier alpha value is -2.67. The van der Waals surface area contributed by atoms with Gasteiger partial charge < -0.3 is 10.6 Å². The SMILES string of the molecule is CC1(C)CC2=C(C(=O)N1)[C@](C)(c1cccc(S(C)(=O)=O)c1)c1cc(C3CC3)cnc1N2. The first-order valence-corrected chi connectivity index (χ1v) is 12.5. The van der Waals surface area contributed by atoms with Crippen molar-refractivity contribution in [3.8, 4) is 0 Å². The molecule has 6 nitrogen and oxygen atoms in total. The fraction of sp³-hybridized carbons (Fsp3) is 0.417. The Morgan fingerprint density at radius 3 is 2.55 bits per heavy atom. The third-order valence-electron chi connectivity index (χ3n) is 6.70. The summed E-state index contributed by atoms with van der Waals surface area (Å²) in [5.41, 5.74) is 3.14. The lowest BCUT2D eigenvalue weighted by molar-refractivity contribution is -0.120. The molecule has 2 aromatic rings. The van der Waals surface area contributed by atoms with Gasteiger partial charge in [-0.15, -0.1) is 0 Å². The molecule has 1 saturated carbocycles. The van der Waals surface area contributed by atoms with E-state index in [2.05, 4.69) is 16.7 Å². The number of nitrogens with zero attached hydrogens (tertiary/aromatic N) is 1. The van der Waals surface area contributed by atoms with Gasteiger partial charge in [0, 0.05) is 35.7 Å². The van der Waals surface area contributed by atoms with Crippen LogP contribution in [0.3, 0.4) is 0 Å². The second kappa shape index (κ2) is 6.42. The van der Waals surface area contributed by atoms with E-state index in [4.69, 9.17) is 4.98 Å². The van der Waals surface area contributed by atoms with Gasteiger partial charge in [0.2, 0.25) is 0 Å². The van der Waals surface area contributed by atoms with E-state index in [9.17, 15) is 13.2 Å². The van der Waals surface area contributed by atoms with Crippen LogP contribution < -0.4 is 10.6 Å². The summed E-state index contributed by atoms with van der Waals surface area (Å²) in [6.07, 6.45) is 6.07. The molecule has 2 N–H and O–H groups in total. The third kappa shape index (κ3) is 3.26. The maximum absolute atomic E-state index is 13.4. The van der Waals surface area contributed by atoms with Crippen molar-refractivity contribution >= 4 is 21.6 Å². The summed E-state index contributed by atoms with van der Waals surface area (Å²) in [4.78, 5) is 18.4. The fourth-order valence-corrected chi connectivity index (χ4v) is 5.60. The van der Waals surface area contributed by atoms with Gasteiger partial charge in [-0.3, -0.25) is 4.79 Å². The van der Waals surface area contributed by atoms with Gasteiger partial charge in [0.15, 0.2) is 9.84 Å². The quantitative estimate of drug-likeness (QED) is 0.765. The molecule has 31 heavy (non-hydrogen) atoms. The van der Waals surface area contributed by atoms with Crippen LogP contribution in [0.5, 0.6) is 0 Å². The number of hydrogen-bond acceptors (Lipinski definition) is 5. The van der Waals surface area contributed by atoms with Crippen LogP contribution in [0.1, 0.15) is 62.6 Å². The Kier molecular flexibility index (Phi) is 4.19. The first-order chi connectivity index (χ1) is 14.5. The molecule has 5 rings (SSSR count). The van der Waals surface area contributed by atoms with Crippen LogP contribution in [0.15, 0.2) is 52.7 Å². The molecular formula is C24H27N3O3S. The minimum absolute atomic E-state index is 0.131. The number of aromatic nitrogens is 1. The molecule has 0 bridgehead atoms. The zero-order valence-corrected chi connectivity index (χ0v) is 19.1. The average Bonchev–Trinajstić information content (AvgIpc) is 3.51. The van der Waals surface area contributed by atoms with Crippen molar-refractivity contribution in [3.05, 3.63) is 64.5 Å². The average molecular weight is 438 g/mol. The highest BCUT2D eigenvalue weighted by molar-refractivity contribution is 7.90. The van der Waals surface area contributed by atoms with Crippen LogP contribution in [0.25, 0.3) is 0 Å². The number of pyridine rings is 1. The Morgan fingerprint density at radius 1 is 1.13 bits per heavy atom. The molecule has 2 aliphatic heterocycles. The van der Waals surface area contributed by atoms with E-state index < -0.39 is 15.3 Å². The summed E-state index contributed by atoms with van der Waals surface area (Å²) in [7, 11) is -3.39. The number of hydrogen-bond donors (Lipinski definition) is 2. The largest absolute Gasteiger partial charge is 0.347 e. The molecule has 1 amide bonds. The smallest absolute Gasteiger partial charge is 0.250 e. The van der Waals surface area contributed by atoms with E-state index in [0.29, 0.717) is 17.9 Å². The number of sulfone groups is 1. The van der Waals surface area contributed by atoms with Gasteiger partial charge in [-0.25, -0.2) is 13.4 Å².